The summed E-state index contributed by atoms with van der Waals surface area (Å²) in [7, 11) is 1.57. The first-order valence-corrected chi connectivity index (χ1v) is 7.42. The molecule has 1 aliphatic heterocycles. The highest BCUT2D eigenvalue weighted by molar-refractivity contribution is 6.34. The van der Waals surface area contributed by atoms with E-state index in [0.717, 1.165) is 5.56 Å². The van der Waals surface area contributed by atoms with Gasteiger partial charge in [-0.1, -0.05) is 29.8 Å². The fourth-order valence-corrected chi connectivity index (χ4v) is 2.90. The lowest BCUT2D eigenvalue weighted by Gasteiger charge is -2.32. The van der Waals surface area contributed by atoms with Crippen LogP contribution in [0.15, 0.2) is 42.5 Å². The normalized spacial score (nSPS) is 17.0. The van der Waals surface area contributed by atoms with E-state index in [9.17, 15) is 9.90 Å². The van der Waals surface area contributed by atoms with Gasteiger partial charge in [-0.15, -0.1) is 0 Å². The van der Waals surface area contributed by atoms with E-state index in [0.29, 0.717) is 35.0 Å². The highest BCUT2D eigenvalue weighted by Crippen LogP contribution is 2.37. The molecule has 1 atom stereocenters. The Labute approximate surface area is 133 Å². The molecule has 3 rings (SSSR count). The number of nitrogens with zero attached hydrogens (tertiary/aromatic N) is 1. The van der Waals surface area contributed by atoms with E-state index in [1.54, 1.807) is 54.5 Å². The van der Waals surface area contributed by atoms with Crippen molar-refractivity contribution in [1.82, 2.24) is 0 Å². The molecule has 0 fully saturated rings. The van der Waals surface area contributed by atoms with Crippen molar-refractivity contribution in [3.8, 4) is 5.75 Å². The first-order valence-electron chi connectivity index (χ1n) is 7.04. The van der Waals surface area contributed by atoms with E-state index in [4.69, 9.17) is 16.3 Å². The average Bonchev–Trinajstić information content (AvgIpc) is 2.54. The van der Waals surface area contributed by atoms with Crippen LogP contribution in [-0.2, 0) is 0 Å². The summed E-state index contributed by atoms with van der Waals surface area (Å²) in [5.41, 5.74) is 1.85. The highest BCUT2D eigenvalue weighted by Gasteiger charge is 2.29. The number of hydrogen-bond acceptors (Lipinski definition) is 3. The largest absolute Gasteiger partial charge is 0.497 e. The summed E-state index contributed by atoms with van der Waals surface area (Å²) < 4.78 is 5.23. The molecule has 0 aromatic heterocycles. The number of methoxy groups -OCH3 is 1. The molecule has 2 aromatic carbocycles. The van der Waals surface area contributed by atoms with E-state index in [2.05, 4.69) is 0 Å². The second kappa shape index (κ2) is 5.99. The molecule has 1 amide bonds. The van der Waals surface area contributed by atoms with Crippen LogP contribution in [-0.4, -0.2) is 24.7 Å². The van der Waals surface area contributed by atoms with Crippen LogP contribution in [0.1, 0.15) is 28.4 Å². The summed E-state index contributed by atoms with van der Waals surface area (Å²) >= 11 is 6.13. The van der Waals surface area contributed by atoms with E-state index < -0.39 is 6.10 Å². The van der Waals surface area contributed by atoms with Crippen LogP contribution in [0.5, 0.6) is 5.75 Å². The summed E-state index contributed by atoms with van der Waals surface area (Å²) in [6.45, 7) is 0.436. The Hall–Kier alpha value is -2.04. The Bertz CT molecular complexity index is 717. The van der Waals surface area contributed by atoms with Crippen molar-refractivity contribution in [2.24, 2.45) is 0 Å². The lowest BCUT2D eigenvalue weighted by Crippen LogP contribution is -2.36. The van der Waals surface area contributed by atoms with Crippen molar-refractivity contribution in [3.63, 3.8) is 0 Å². The molecule has 2 aromatic rings. The second-order valence-electron chi connectivity index (χ2n) is 5.17. The maximum Gasteiger partial charge on any atom is 0.259 e. The van der Waals surface area contributed by atoms with E-state index in [-0.39, 0.29) is 5.91 Å². The third kappa shape index (κ3) is 2.56. The number of halogens is 1. The molecule has 1 aliphatic rings. The minimum atomic E-state index is -0.573. The minimum Gasteiger partial charge on any atom is -0.497 e. The lowest BCUT2D eigenvalue weighted by molar-refractivity contribution is 0.0970. The Morgan fingerprint density at radius 2 is 2.09 bits per heavy atom. The quantitative estimate of drug-likeness (QED) is 0.923. The first-order chi connectivity index (χ1) is 10.6. The van der Waals surface area contributed by atoms with Crippen molar-refractivity contribution < 1.29 is 14.6 Å². The third-order valence-corrected chi connectivity index (χ3v) is 4.19. The predicted octanol–water partition coefficient (Wildman–Crippen LogP) is 3.43. The van der Waals surface area contributed by atoms with Crippen molar-refractivity contribution in [3.05, 3.63) is 58.6 Å². The second-order valence-corrected chi connectivity index (χ2v) is 5.57. The minimum absolute atomic E-state index is 0.174. The number of carbonyl (C=O) groups excluding carboxylic acids is 1. The zero-order valence-electron chi connectivity index (χ0n) is 12.1. The average molecular weight is 318 g/mol. The monoisotopic (exact) mass is 317 g/mol. The number of carbonyl (C=O) groups is 1. The first kappa shape index (κ1) is 14.9. The topological polar surface area (TPSA) is 49.8 Å². The summed E-state index contributed by atoms with van der Waals surface area (Å²) in [5.74, 6) is 0.469. The number of ether oxygens (including phenoxy) is 1. The Morgan fingerprint density at radius 3 is 2.82 bits per heavy atom. The van der Waals surface area contributed by atoms with Gasteiger partial charge in [0.2, 0.25) is 0 Å². The van der Waals surface area contributed by atoms with Gasteiger partial charge in [-0.2, -0.15) is 0 Å². The molecular weight excluding hydrogens is 302 g/mol. The number of anilines is 1. The molecule has 5 heteroatoms. The molecule has 0 saturated carbocycles. The van der Waals surface area contributed by atoms with Crippen molar-refractivity contribution in [1.29, 1.82) is 0 Å². The number of rotatable bonds is 2. The standard InChI is InChI=1S/C17H16ClNO3/c1-22-11-6-7-13-15(10-11)19(9-8-16(13)20)17(21)12-4-2-3-5-14(12)18/h2-7,10,16,20H,8-9H2,1H3. The van der Waals surface area contributed by atoms with Gasteiger partial charge in [-0.05, 0) is 24.6 Å². The van der Waals surface area contributed by atoms with E-state index in [1.165, 1.54) is 0 Å². The Balaban J connectivity index is 2.05. The van der Waals surface area contributed by atoms with Crippen LogP contribution in [0.25, 0.3) is 0 Å². The summed E-state index contributed by atoms with van der Waals surface area (Å²) in [6, 6.07) is 12.3. The van der Waals surface area contributed by atoms with Gasteiger partial charge in [-0.3, -0.25) is 4.79 Å². The van der Waals surface area contributed by atoms with Crippen LogP contribution >= 0.6 is 11.6 Å². The maximum atomic E-state index is 12.8. The summed E-state index contributed by atoms with van der Waals surface area (Å²) in [4.78, 5) is 14.5. The molecule has 0 radical (unpaired) electrons. The molecule has 0 spiro atoms. The van der Waals surface area contributed by atoms with Gasteiger partial charge in [0.15, 0.2) is 0 Å². The van der Waals surface area contributed by atoms with Crippen LogP contribution in [0.3, 0.4) is 0 Å². The van der Waals surface area contributed by atoms with E-state index >= 15 is 0 Å². The lowest BCUT2D eigenvalue weighted by atomic mass is 9.97. The van der Waals surface area contributed by atoms with Crippen molar-refractivity contribution in [2.75, 3.05) is 18.6 Å². The van der Waals surface area contributed by atoms with Gasteiger partial charge in [0, 0.05) is 18.2 Å². The molecule has 1 N–H and O–H groups in total. The number of aliphatic hydroxyl groups excluding tert-OH is 1. The smallest absolute Gasteiger partial charge is 0.259 e. The molecule has 22 heavy (non-hydrogen) atoms. The number of hydrogen-bond donors (Lipinski definition) is 1. The maximum absolute atomic E-state index is 12.8. The zero-order valence-corrected chi connectivity index (χ0v) is 12.9. The molecule has 0 bridgehead atoms. The number of benzene rings is 2. The zero-order chi connectivity index (χ0) is 15.7. The van der Waals surface area contributed by atoms with Gasteiger partial charge in [0.1, 0.15) is 5.75 Å². The number of fused-ring (bicyclic) bond motifs is 1. The van der Waals surface area contributed by atoms with Crippen LogP contribution < -0.4 is 9.64 Å². The van der Waals surface area contributed by atoms with E-state index in [1.807, 2.05) is 0 Å². The molecule has 0 saturated heterocycles. The fraction of sp³-hybridized carbons (Fsp3) is 0.235. The SMILES string of the molecule is COc1ccc2c(c1)N(C(=O)c1ccccc1Cl)CCC2O. The summed E-state index contributed by atoms with van der Waals surface area (Å²) in [6.07, 6.45) is -0.0774. The molecule has 4 nitrogen and oxygen atoms in total. The van der Waals surface area contributed by atoms with Crippen LogP contribution in [0.2, 0.25) is 5.02 Å². The molecule has 0 aliphatic carbocycles. The van der Waals surface area contributed by atoms with Gasteiger partial charge in [-0.25, -0.2) is 0 Å². The molecular formula is C17H16ClNO3. The molecule has 1 heterocycles. The number of amides is 1. The molecule has 114 valence electrons. The predicted molar refractivity (Wildman–Crippen MR) is 85.7 cm³/mol. The van der Waals surface area contributed by atoms with Gasteiger partial charge in [0.25, 0.3) is 5.91 Å². The highest BCUT2D eigenvalue weighted by atomic mass is 35.5. The Morgan fingerprint density at radius 1 is 1.32 bits per heavy atom. The van der Waals surface area contributed by atoms with Gasteiger partial charge >= 0.3 is 0 Å². The Kier molecular flexibility index (Phi) is 4.05. The van der Waals surface area contributed by atoms with Crippen LogP contribution in [0, 0.1) is 0 Å². The van der Waals surface area contributed by atoms with Gasteiger partial charge < -0.3 is 14.7 Å². The van der Waals surface area contributed by atoms with Gasteiger partial charge in [0.05, 0.1) is 29.5 Å². The fourth-order valence-electron chi connectivity index (χ4n) is 2.68. The van der Waals surface area contributed by atoms with Crippen molar-refractivity contribution >= 4 is 23.2 Å². The molecule has 1 unspecified atom stereocenters. The number of aliphatic hydroxyl groups is 1. The van der Waals surface area contributed by atoms with Crippen molar-refractivity contribution in [2.45, 2.75) is 12.5 Å². The summed E-state index contributed by atoms with van der Waals surface area (Å²) in [5, 5.41) is 10.6. The third-order valence-electron chi connectivity index (χ3n) is 3.86. The van der Waals surface area contributed by atoms with Crippen LogP contribution in [0.4, 0.5) is 5.69 Å².